The Hall–Kier alpha value is -0.850. The van der Waals surface area contributed by atoms with Crippen LogP contribution >= 0.6 is 0 Å². The van der Waals surface area contributed by atoms with Gasteiger partial charge in [0.05, 0.1) is 0 Å². The zero-order chi connectivity index (χ0) is 9.84. The van der Waals surface area contributed by atoms with Crippen LogP contribution in [0.15, 0.2) is 18.2 Å². The highest BCUT2D eigenvalue weighted by Gasteiger charge is 2.02. The highest BCUT2D eigenvalue weighted by molar-refractivity contribution is 7.77. The summed E-state index contributed by atoms with van der Waals surface area (Å²) in [5.74, 6) is -1.91. The van der Waals surface area contributed by atoms with Gasteiger partial charge in [-0.2, -0.15) is 0 Å². The summed E-state index contributed by atoms with van der Waals surface area (Å²) in [4.78, 5) is 0. The Balaban J connectivity index is 2.68. The lowest BCUT2D eigenvalue weighted by Gasteiger charge is -2.00. The van der Waals surface area contributed by atoms with Crippen LogP contribution in [0.4, 0.5) is 8.78 Å². The summed E-state index contributed by atoms with van der Waals surface area (Å²) in [6.07, 6.45) is 0. The minimum absolute atomic E-state index is 0.0142. The summed E-state index contributed by atoms with van der Waals surface area (Å²) in [5, 5.41) is 0. The molecule has 0 aromatic heterocycles. The molecule has 0 spiro atoms. The third-order valence-electron chi connectivity index (χ3n) is 1.38. The minimum Gasteiger partial charge on any atom is -0.294 e. The molecule has 6 heteroatoms. The largest absolute Gasteiger partial charge is 0.294 e. The molecule has 1 atom stereocenters. The van der Waals surface area contributed by atoms with E-state index in [0.717, 1.165) is 12.1 Å². The molecule has 0 aliphatic heterocycles. The maximum atomic E-state index is 12.6. The summed E-state index contributed by atoms with van der Waals surface area (Å²) in [7, 11) is 0. The second-order valence-electron chi connectivity index (χ2n) is 2.32. The second-order valence-corrected chi connectivity index (χ2v) is 3.11. The van der Waals surface area contributed by atoms with Crippen molar-refractivity contribution < 1.29 is 17.5 Å². The van der Waals surface area contributed by atoms with E-state index in [1.807, 2.05) is 0 Å². The molecule has 0 fully saturated rings. The summed E-state index contributed by atoms with van der Waals surface area (Å²) < 4.78 is 45.6. The van der Waals surface area contributed by atoms with Crippen LogP contribution in [0, 0.1) is 11.6 Å². The topological polar surface area (TPSA) is 49.3 Å². The molecule has 0 heterocycles. The highest BCUT2D eigenvalue weighted by atomic mass is 32.2. The van der Waals surface area contributed by atoms with Crippen molar-refractivity contribution in [3.8, 4) is 0 Å². The van der Waals surface area contributed by atoms with E-state index in [1.165, 1.54) is 6.07 Å². The van der Waals surface area contributed by atoms with E-state index in [4.69, 9.17) is 4.55 Å². The third kappa shape index (κ3) is 3.17. The summed E-state index contributed by atoms with van der Waals surface area (Å²) in [6.45, 7) is 0.0142. The standard InChI is InChI=1S/C7H7F2NO2S/c8-6-2-1-5(3-7(6)9)4-10-13(11)12/h1-3,10H,4H2,(H,11,12). The van der Waals surface area contributed by atoms with Crippen molar-refractivity contribution in [3.63, 3.8) is 0 Å². The monoisotopic (exact) mass is 207 g/mol. The fraction of sp³-hybridized carbons (Fsp3) is 0.143. The zero-order valence-corrected chi connectivity index (χ0v) is 7.28. The Morgan fingerprint density at radius 2 is 2.08 bits per heavy atom. The molecule has 1 aromatic carbocycles. The maximum Gasteiger partial charge on any atom is 0.232 e. The van der Waals surface area contributed by atoms with Crippen LogP contribution in [0.5, 0.6) is 0 Å². The zero-order valence-electron chi connectivity index (χ0n) is 6.46. The van der Waals surface area contributed by atoms with Gasteiger partial charge in [-0.25, -0.2) is 17.7 Å². The molecule has 0 aliphatic rings. The molecule has 0 amide bonds. The Morgan fingerprint density at radius 3 is 2.62 bits per heavy atom. The van der Waals surface area contributed by atoms with E-state index in [-0.39, 0.29) is 6.54 Å². The molecule has 0 saturated carbocycles. The molecule has 0 bridgehead atoms. The number of halogens is 2. The smallest absolute Gasteiger partial charge is 0.232 e. The van der Waals surface area contributed by atoms with Gasteiger partial charge < -0.3 is 0 Å². The van der Waals surface area contributed by atoms with Gasteiger partial charge in [-0.1, -0.05) is 6.07 Å². The van der Waals surface area contributed by atoms with Gasteiger partial charge >= 0.3 is 0 Å². The first-order valence-electron chi connectivity index (χ1n) is 3.38. The third-order valence-corrected chi connectivity index (χ3v) is 1.78. The molecule has 0 saturated heterocycles. The Bertz CT molecular complexity index is 332. The number of benzene rings is 1. The first-order valence-corrected chi connectivity index (χ1v) is 4.48. The van der Waals surface area contributed by atoms with E-state index in [9.17, 15) is 13.0 Å². The van der Waals surface area contributed by atoms with Gasteiger partial charge in [-0.05, 0) is 17.7 Å². The molecule has 0 radical (unpaired) electrons. The van der Waals surface area contributed by atoms with Crippen molar-refractivity contribution in [3.05, 3.63) is 35.4 Å². The fourth-order valence-electron chi connectivity index (χ4n) is 0.795. The quantitative estimate of drug-likeness (QED) is 0.731. The first-order chi connectivity index (χ1) is 6.09. The van der Waals surface area contributed by atoms with Crippen molar-refractivity contribution in [1.82, 2.24) is 4.72 Å². The van der Waals surface area contributed by atoms with Gasteiger partial charge in [0.15, 0.2) is 11.6 Å². The fourth-order valence-corrected chi connectivity index (χ4v) is 1.08. The summed E-state index contributed by atoms with van der Waals surface area (Å²) in [5.41, 5.74) is 0.404. The van der Waals surface area contributed by atoms with Gasteiger partial charge in [0.2, 0.25) is 11.3 Å². The van der Waals surface area contributed by atoms with Crippen LogP contribution in [-0.4, -0.2) is 8.76 Å². The van der Waals surface area contributed by atoms with Crippen LogP contribution < -0.4 is 4.72 Å². The maximum absolute atomic E-state index is 12.6. The Morgan fingerprint density at radius 1 is 1.38 bits per heavy atom. The van der Waals surface area contributed by atoms with Gasteiger partial charge in [0, 0.05) is 6.54 Å². The van der Waals surface area contributed by atoms with Crippen LogP contribution in [0.3, 0.4) is 0 Å². The van der Waals surface area contributed by atoms with E-state index in [0.29, 0.717) is 5.56 Å². The minimum atomic E-state index is -2.14. The SMILES string of the molecule is O=S(O)NCc1ccc(F)c(F)c1. The molecule has 3 nitrogen and oxygen atoms in total. The van der Waals surface area contributed by atoms with Crippen LogP contribution in [0.1, 0.15) is 5.56 Å². The van der Waals surface area contributed by atoms with Gasteiger partial charge in [0.25, 0.3) is 0 Å². The van der Waals surface area contributed by atoms with E-state index in [1.54, 1.807) is 0 Å². The van der Waals surface area contributed by atoms with Crippen molar-refractivity contribution >= 4 is 11.3 Å². The van der Waals surface area contributed by atoms with E-state index < -0.39 is 22.9 Å². The van der Waals surface area contributed by atoms with E-state index >= 15 is 0 Å². The molecular weight excluding hydrogens is 200 g/mol. The van der Waals surface area contributed by atoms with Crippen LogP contribution in [0.2, 0.25) is 0 Å². The first kappa shape index (κ1) is 10.2. The van der Waals surface area contributed by atoms with Gasteiger partial charge in [-0.15, -0.1) is 0 Å². The number of rotatable bonds is 3. The molecule has 72 valence electrons. The molecule has 1 aromatic rings. The predicted molar refractivity (Wildman–Crippen MR) is 44.0 cm³/mol. The average Bonchev–Trinajstić information content (AvgIpc) is 2.07. The molecular formula is C7H7F2NO2S. The van der Waals surface area contributed by atoms with Crippen molar-refractivity contribution in [2.75, 3.05) is 0 Å². The molecule has 2 N–H and O–H groups in total. The predicted octanol–water partition coefficient (Wildman–Crippen LogP) is 1.19. The Kier molecular flexibility index (Phi) is 3.47. The van der Waals surface area contributed by atoms with Crippen molar-refractivity contribution in [2.45, 2.75) is 6.54 Å². The number of hydrogen-bond acceptors (Lipinski definition) is 1. The summed E-state index contributed by atoms with van der Waals surface area (Å²) in [6, 6.07) is 3.26. The lowest BCUT2D eigenvalue weighted by molar-refractivity contribution is 0.506. The number of hydrogen-bond donors (Lipinski definition) is 2. The lowest BCUT2D eigenvalue weighted by Crippen LogP contribution is -2.15. The normalized spacial score (nSPS) is 12.8. The van der Waals surface area contributed by atoms with Crippen molar-refractivity contribution in [1.29, 1.82) is 0 Å². The highest BCUT2D eigenvalue weighted by Crippen LogP contribution is 2.08. The van der Waals surface area contributed by atoms with Crippen molar-refractivity contribution in [2.24, 2.45) is 0 Å². The van der Waals surface area contributed by atoms with E-state index in [2.05, 4.69) is 4.72 Å². The average molecular weight is 207 g/mol. The van der Waals surface area contributed by atoms with Gasteiger partial charge in [-0.3, -0.25) is 4.55 Å². The number of nitrogens with one attached hydrogen (secondary N) is 1. The lowest BCUT2D eigenvalue weighted by atomic mass is 10.2. The second kappa shape index (κ2) is 4.40. The molecule has 1 unspecified atom stereocenters. The molecule has 13 heavy (non-hydrogen) atoms. The van der Waals surface area contributed by atoms with Gasteiger partial charge in [0.1, 0.15) is 0 Å². The van der Waals surface area contributed by atoms with Crippen LogP contribution in [0.25, 0.3) is 0 Å². The Labute approximate surface area is 76.2 Å². The summed E-state index contributed by atoms with van der Waals surface area (Å²) >= 11 is -2.14. The van der Waals surface area contributed by atoms with Crippen LogP contribution in [-0.2, 0) is 17.8 Å². The molecule has 1 rings (SSSR count). The molecule has 0 aliphatic carbocycles.